The second-order valence-corrected chi connectivity index (χ2v) is 5.66. The average Bonchev–Trinajstić information content (AvgIpc) is 2.46. The first-order valence-electron chi connectivity index (χ1n) is 6.47. The molecule has 0 amide bonds. The quantitative estimate of drug-likeness (QED) is 0.886. The molecular weight excluding hydrogens is 321 g/mol. The van der Waals surface area contributed by atoms with Gasteiger partial charge in [0.25, 0.3) is 0 Å². The van der Waals surface area contributed by atoms with E-state index < -0.39 is 0 Å². The largest absolute Gasteiger partial charge is 0.486 e. The third-order valence-electron chi connectivity index (χ3n) is 3.19. The molecule has 4 heteroatoms. The van der Waals surface area contributed by atoms with Crippen molar-refractivity contribution >= 4 is 15.9 Å². The summed E-state index contributed by atoms with van der Waals surface area (Å²) >= 11 is 3.21. The SMILES string of the molecule is CC(CN)c1ccc(COc2ccc(Br)cc2F)cc1. The number of halogens is 2. The van der Waals surface area contributed by atoms with E-state index in [4.69, 9.17) is 10.5 Å². The van der Waals surface area contributed by atoms with E-state index >= 15 is 0 Å². The van der Waals surface area contributed by atoms with Gasteiger partial charge in [0, 0.05) is 4.47 Å². The second-order valence-electron chi connectivity index (χ2n) is 4.74. The Morgan fingerprint density at radius 3 is 2.50 bits per heavy atom. The van der Waals surface area contributed by atoms with Crippen molar-refractivity contribution in [3.05, 3.63) is 63.9 Å². The second kappa shape index (κ2) is 6.86. The van der Waals surface area contributed by atoms with Gasteiger partial charge in [-0.05, 0) is 41.8 Å². The Balaban J connectivity index is 2.00. The zero-order valence-corrected chi connectivity index (χ0v) is 12.9. The van der Waals surface area contributed by atoms with Gasteiger partial charge in [0.05, 0.1) is 0 Å². The standard InChI is InChI=1S/C16H17BrFNO/c1-11(9-19)13-4-2-12(3-5-13)10-20-16-7-6-14(17)8-15(16)18/h2-8,11H,9-10,19H2,1H3. The molecule has 0 aromatic heterocycles. The van der Waals surface area contributed by atoms with Gasteiger partial charge < -0.3 is 10.5 Å². The van der Waals surface area contributed by atoms with Crippen LogP contribution in [-0.2, 0) is 6.61 Å². The Bertz CT molecular complexity index is 571. The van der Waals surface area contributed by atoms with Crippen molar-refractivity contribution in [2.24, 2.45) is 5.73 Å². The number of hydrogen-bond acceptors (Lipinski definition) is 2. The van der Waals surface area contributed by atoms with Crippen LogP contribution in [-0.4, -0.2) is 6.54 Å². The molecule has 0 aliphatic rings. The van der Waals surface area contributed by atoms with Crippen LogP contribution < -0.4 is 10.5 Å². The van der Waals surface area contributed by atoms with Gasteiger partial charge in [0.1, 0.15) is 6.61 Å². The predicted octanol–water partition coefficient (Wildman–Crippen LogP) is 4.23. The predicted molar refractivity (Wildman–Crippen MR) is 82.3 cm³/mol. The van der Waals surface area contributed by atoms with Gasteiger partial charge in [-0.3, -0.25) is 0 Å². The summed E-state index contributed by atoms with van der Waals surface area (Å²) in [5.74, 6) is 0.231. The summed E-state index contributed by atoms with van der Waals surface area (Å²) < 4.78 is 19.8. The monoisotopic (exact) mass is 337 g/mol. The van der Waals surface area contributed by atoms with Gasteiger partial charge in [0.15, 0.2) is 11.6 Å². The molecule has 2 aromatic rings. The fraction of sp³-hybridized carbons (Fsp3) is 0.250. The maximum atomic E-state index is 13.6. The van der Waals surface area contributed by atoms with Crippen molar-refractivity contribution in [3.8, 4) is 5.75 Å². The number of benzene rings is 2. The first-order chi connectivity index (χ1) is 9.60. The van der Waals surface area contributed by atoms with Crippen molar-refractivity contribution < 1.29 is 9.13 Å². The smallest absolute Gasteiger partial charge is 0.166 e. The summed E-state index contributed by atoms with van der Waals surface area (Å²) in [5, 5.41) is 0. The van der Waals surface area contributed by atoms with E-state index in [2.05, 4.69) is 22.9 Å². The van der Waals surface area contributed by atoms with E-state index in [1.807, 2.05) is 24.3 Å². The van der Waals surface area contributed by atoms with E-state index in [9.17, 15) is 4.39 Å². The summed E-state index contributed by atoms with van der Waals surface area (Å²) in [7, 11) is 0. The van der Waals surface area contributed by atoms with Crippen molar-refractivity contribution in [3.63, 3.8) is 0 Å². The molecule has 20 heavy (non-hydrogen) atoms. The zero-order valence-electron chi connectivity index (χ0n) is 11.3. The van der Waals surface area contributed by atoms with Crippen LogP contribution in [0.15, 0.2) is 46.9 Å². The summed E-state index contributed by atoms with van der Waals surface area (Å²) in [6.45, 7) is 3.05. The highest BCUT2D eigenvalue weighted by Crippen LogP contribution is 2.22. The van der Waals surface area contributed by atoms with Crippen LogP contribution in [0.4, 0.5) is 4.39 Å². The van der Waals surface area contributed by atoms with Crippen molar-refractivity contribution in [1.29, 1.82) is 0 Å². The van der Waals surface area contributed by atoms with Crippen LogP contribution in [0.25, 0.3) is 0 Å². The summed E-state index contributed by atoms with van der Waals surface area (Å²) in [4.78, 5) is 0. The Morgan fingerprint density at radius 2 is 1.90 bits per heavy atom. The van der Waals surface area contributed by atoms with Gasteiger partial charge in [-0.25, -0.2) is 4.39 Å². The van der Waals surface area contributed by atoms with Crippen LogP contribution in [0.2, 0.25) is 0 Å². The Labute approximate surface area is 126 Å². The number of hydrogen-bond donors (Lipinski definition) is 1. The number of rotatable bonds is 5. The maximum Gasteiger partial charge on any atom is 0.166 e. The highest BCUT2D eigenvalue weighted by Gasteiger charge is 2.05. The zero-order chi connectivity index (χ0) is 14.5. The molecule has 0 saturated carbocycles. The molecule has 1 atom stereocenters. The minimum Gasteiger partial charge on any atom is -0.486 e. The molecule has 0 saturated heterocycles. The lowest BCUT2D eigenvalue weighted by molar-refractivity contribution is 0.290. The van der Waals surface area contributed by atoms with Gasteiger partial charge in [0.2, 0.25) is 0 Å². The van der Waals surface area contributed by atoms with Crippen LogP contribution in [0.1, 0.15) is 24.0 Å². The highest BCUT2D eigenvalue weighted by atomic mass is 79.9. The lowest BCUT2D eigenvalue weighted by Crippen LogP contribution is -2.08. The fourth-order valence-electron chi connectivity index (χ4n) is 1.83. The van der Waals surface area contributed by atoms with E-state index in [1.54, 1.807) is 12.1 Å². The Hall–Kier alpha value is -1.39. The molecule has 0 heterocycles. The Kier molecular flexibility index (Phi) is 5.15. The minimum absolute atomic E-state index is 0.257. The molecule has 0 aliphatic heterocycles. The molecule has 2 aromatic carbocycles. The van der Waals surface area contributed by atoms with E-state index in [0.29, 0.717) is 23.5 Å². The van der Waals surface area contributed by atoms with Gasteiger partial charge in [-0.15, -0.1) is 0 Å². The topological polar surface area (TPSA) is 35.2 Å². The Morgan fingerprint density at radius 1 is 1.20 bits per heavy atom. The molecule has 0 spiro atoms. The first kappa shape index (κ1) is 15.0. The van der Waals surface area contributed by atoms with Crippen molar-refractivity contribution in [1.82, 2.24) is 0 Å². The fourth-order valence-corrected chi connectivity index (χ4v) is 2.16. The molecular formula is C16H17BrFNO. The third kappa shape index (κ3) is 3.81. The summed E-state index contributed by atoms with van der Waals surface area (Å²) in [6, 6.07) is 12.8. The molecule has 2 N–H and O–H groups in total. The van der Waals surface area contributed by atoms with Crippen LogP contribution in [0.5, 0.6) is 5.75 Å². The normalized spacial score (nSPS) is 12.2. The first-order valence-corrected chi connectivity index (χ1v) is 7.26. The number of nitrogens with two attached hydrogens (primary N) is 1. The van der Waals surface area contributed by atoms with E-state index in [1.165, 1.54) is 11.6 Å². The van der Waals surface area contributed by atoms with E-state index in [0.717, 1.165) is 5.56 Å². The highest BCUT2D eigenvalue weighted by molar-refractivity contribution is 9.10. The van der Waals surface area contributed by atoms with Crippen molar-refractivity contribution in [2.45, 2.75) is 19.4 Å². The molecule has 0 bridgehead atoms. The maximum absolute atomic E-state index is 13.6. The van der Waals surface area contributed by atoms with Gasteiger partial charge in [-0.1, -0.05) is 47.1 Å². The third-order valence-corrected chi connectivity index (χ3v) is 3.68. The molecule has 106 valence electrons. The minimum atomic E-state index is -0.368. The molecule has 0 radical (unpaired) electrons. The average molecular weight is 338 g/mol. The van der Waals surface area contributed by atoms with Crippen LogP contribution >= 0.6 is 15.9 Å². The molecule has 2 nitrogen and oxygen atoms in total. The van der Waals surface area contributed by atoms with E-state index in [-0.39, 0.29) is 11.6 Å². The van der Waals surface area contributed by atoms with Crippen LogP contribution in [0.3, 0.4) is 0 Å². The van der Waals surface area contributed by atoms with Gasteiger partial charge >= 0.3 is 0 Å². The van der Waals surface area contributed by atoms with Crippen LogP contribution in [0, 0.1) is 5.82 Å². The lowest BCUT2D eigenvalue weighted by Gasteiger charge is -2.11. The molecule has 0 aliphatic carbocycles. The molecule has 2 rings (SSSR count). The lowest BCUT2D eigenvalue weighted by atomic mass is 10.0. The van der Waals surface area contributed by atoms with Gasteiger partial charge in [-0.2, -0.15) is 0 Å². The van der Waals surface area contributed by atoms with Crippen molar-refractivity contribution in [2.75, 3.05) is 6.54 Å². The summed E-state index contributed by atoms with van der Waals surface area (Å²) in [5.41, 5.74) is 7.84. The molecule has 0 fully saturated rings. The molecule has 1 unspecified atom stereocenters. The summed E-state index contributed by atoms with van der Waals surface area (Å²) in [6.07, 6.45) is 0. The number of ether oxygens (including phenoxy) is 1.